The summed E-state index contributed by atoms with van der Waals surface area (Å²) in [5, 5.41) is 15.2. The minimum absolute atomic E-state index is 0.0154. The Hall–Kier alpha value is -3.17. The summed E-state index contributed by atoms with van der Waals surface area (Å²) in [7, 11) is 0. The molecule has 0 saturated heterocycles. The number of nitrogens with zero attached hydrogens (tertiary/aromatic N) is 4. The highest BCUT2D eigenvalue weighted by Crippen LogP contribution is 2.43. The highest BCUT2D eigenvalue weighted by Gasteiger charge is 2.39. The van der Waals surface area contributed by atoms with Gasteiger partial charge in [0.1, 0.15) is 11.6 Å². The summed E-state index contributed by atoms with van der Waals surface area (Å²) >= 11 is 0. The Bertz CT molecular complexity index is 1190. The summed E-state index contributed by atoms with van der Waals surface area (Å²) in [4.78, 5) is 12.8. The molecule has 0 unspecified atom stereocenters. The predicted octanol–water partition coefficient (Wildman–Crippen LogP) is 6.15. The fourth-order valence-electron chi connectivity index (χ4n) is 4.28. The first kappa shape index (κ1) is 24.9. The van der Waals surface area contributed by atoms with Crippen molar-refractivity contribution in [1.82, 2.24) is 19.9 Å². The van der Waals surface area contributed by atoms with Crippen LogP contribution in [0.2, 0.25) is 0 Å². The largest absolute Gasteiger partial charge is 0.389 e. The first-order valence-corrected chi connectivity index (χ1v) is 11.8. The molecule has 2 heterocycles. The van der Waals surface area contributed by atoms with Gasteiger partial charge in [-0.1, -0.05) is 36.7 Å². The molecule has 35 heavy (non-hydrogen) atoms. The van der Waals surface area contributed by atoms with Crippen molar-refractivity contribution in [3.05, 3.63) is 47.0 Å². The second-order valence-electron chi connectivity index (χ2n) is 9.85. The Kier molecular flexibility index (Phi) is 7.00. The van der Waals surface area contributed by atoms with Crippen molar-refractivity contribution in [3.63, 3.8) is 0 Å². The molecule has 0 spiro atoms. The van der Waals surface area contributed by atoms with Gasteiger partial charge in [0.2, 0.25) is 5.91 Å². The Labute approximate surface area is 202 Å². The van der Waals surface area contributed by atoms with Gasteiger partial charge in [0.05, 0.1) is 6.42 Å². The van der Waals surface area contributed by atoms with E-state index in [2.05, 4.69) is 34.5 Å². The number of amides is 1. The number of benzene rings is 1. The molecule has 0 aliphatic heterocycles. The summed E-state index contributed by atoms with van der Waals surface area (Å²) in [5.74, 6) is -0.100. The van der Waals surface area contributed by atoms with Gasteiger partial charge in [0.15, 0.2) is 11.5 Å². The minimum atomic E-state index is -4.47. The van der Waals surface area contributed by atoms with E-state index in [1.54, 1.807) is 16.7 Å². The maximum Gasteiger partial charge on any atom is 0.389 e. The van der Waals surface area contributed by atoms with E-state index in [4.69, 9.17) is 4.52 Å². The van der Waals surface area contributed by atoms with Gasteiger partial charge in [-0.05, 0) is 44.2 Å². The zero-order valence-corrected chi connectivity index (χ0v) is 20.3. The van der Waals surface area contributed by atoms with Gasteiger partial charge in [-0.3, -0.25) is 4.79 Å². The molecule has 2 aromatic heterocycles. The van der Waals surface area contributed by atoms with E-state index >= 15 is 0 Å². The van der Waals surface area contributed by atoms with Crippen LogP contribution in [0, 0.1) is 19.8 Å². The summed E-state index contributed by atoms with van der Waals surface area (Å²) in [6.07, 6.45) is -3.70. The predicted molar refractivity (Wildman–Crippen MR) is 125 cm³/mol. The number of hydrogen-bond donors (Lipinski definition) is 1. The van der Waals surface area contributed by atoms with Crippen LogP contribution in [0.3, 0.4) is 0 Å². The molecule has 1 fully saturated rings. The van der Waals surface area contributed by atoms with Gasteiger partial charge in [0.25, 0.3) is 0 Å². The van der Waals surface area contributed by atoms with Crippen molar-refractivity contribution in [2.75, 3.05) is 5.32 Å². The topological polar surface area (TPSA) is 85.8 Å². The number of aryl methyl sites for hydroxylation is 2. The number of aromatic nitrogens is 4. The molecular formula is C25H30F3N5O2. The molecule has 1 aliphatic carbocycles. The first-order chi connectivity index (χ1) is 16.5. The zero-order chi connectivity index (χ0) is 25.3. The molecule has 1 aromatic carbocycles. The zero-order valence-electron chi connectivity index (χ0n) is 20.3. The van der Waals surface area contributed by atoms with Crippen LogP contribution in [-0.2, 0) is 11.2 Å². The highest BCUT2D eigenvalue weighted by atomic mass is 19.4. The van der Waals surface area contributed by atoms with Gasteiger partial charge < -0.3 is 14.4 Å². The standard InChI is InChI=1S/C25H30F3N5O2/c1-14(2)9-19-12-21(32-35-19)24-31-30-23(33(24)18-6-7-18)17(13-25(26,27)28)11-22(34)29-20-8-5-15(3)10-16(20)4/h5,8,10,12,14,17-18H,6-7,9,11,13H2,1-4H3,(H,29,34)/t17-/m1/s1. The first-order valence-electron chi connectivity index (χ1n) is 11.8. The molecule has 188 valence electrons. The van der Waals surface area contributed by atoms with Crippen molar-refractivity contribution in [2.24, 2.45) is 5.92 Å². The molecule has 1 atom stereocenters. The van der Waals surface area contributed by atoms with Crippen molar-refractivity contribution in [2.45, 2.75) is 77.9 Å². The lowest BCUT2D eigenvalue weighted by molar-refractivity contribution is -0.140. The van der Waals surface area contributed by atoms with Crippen LogP contribution in [0.1, 0.15) is 74.2 Å². The SMILES string of the molecule is Cc1ccc(NC(=O)C[C@H](CC(F)(F)F)c2nnc(-c3cc(CC(C)C)on3)n2C2CC2)c(C)c1. The van der Waals surface area contributed by atoms with E-state index in [1.165, 1.54) is 0 Å². The van der Waals surface area contributed by atoms with Gasteiger partial charge in [-0.25, -0.2) is 0 Å². The van der Waals surface area contributed by atoms with Crippen molar-refractivity contribution < 1.29 is 22.5 Å². The molecule has 7 nitrogen and oxygen atoms in total. The van der Waals surface area contributed by atoms with Crippen molar-refractivity contribution in [3.8, 4) is 11.5 Å². The van der Waals surface area contributed by atoms with E-state index in [-0.39, 0.29) is 18.3 Å². The smallest absolute Gasteiger partial charge is 0.361 e. The van der Waals surface area contributed by atoms with Crippen molar-refractivity contribution in [1.29, 1.82) is 0 Å². The summed E-state index contributed by atoms with van der Waals surface area (Å²) in [6.45, 7) is 7.88. The second kappa shape index (κ2) is 9.83. The van der Waals surface area contributed by atoms with E-state index < -0.39 is 24.4 Å². The molecule has 1 saturated carbocycles. The monoisotopic (exact) mass is 489 g/mol. The minimum Gasteiger partial charge on any atom is -0.361 e. The lowest BCUT2D eigenvalue weighted by atomic mass is 9.99. The van der Waals surface area contributed by atoms with Gasteiger partial charge in [0, 0.05) is 36.6 Å². The molecule has 4 rings (SSSR count). The second-order valence-corrected chi connectivity index (χ2v) is 9.85. The lowest BCUT2D eigenvalue weighted by Gasteiger charge is -2.20. The van der Waals surface area contributed by atoms with E-state index in [1.807, 2.05) is 26.0 Å². The Morgan fingerprint density at radius 1 is 1.20 bits per heavy atom. The number of carbonyl (C=O) groups is 1. The highest BCUT2D eigenvalue weighted by molar-refractivity contribution is 5.92. The maximum atomic E-state index is 13.6. The number of nitrogens with one attached hydrogen (secondary N) is 1. The summed E-state index contributed by atoms with van der Waals surface area (Å²) < 4.78 is 47.8. The molecule has 3 aromatic rings. The van der Waals surface area contributed by atoms with Crippen LogP contribution < -0.4 is 5.32 Å². The van der Waals surface area contributed by atoms with Gasteiger partial charge in [-0.15, -0.1) is 10.2 Å². The quantitative estimate of drug-likeness (QED) is 0.390. The van der Waals surface area contributed by atoms with Crippen LogP contribution in [0.4, 0.5) is 18.9 Å². The number of rotatable bonds is 9. The number of carbonyl (C=O) groups excluding carboxylic acids is 1. The third-order valence-corrected chi connectivity index (χ3v) is 5.96. The van der Waals surface area contributed by atoms with E-state index in [9.17, 15) is 18.0 Å². The average Bonchev–Trinajstić information content (AvgIpc) is 3.31. The maximum absolute atomic E-state index is 13.6. The summed E-state index contributed by atoms with van der Waals surface area (Å²) in [5.41, 5.74) is 2.90. The number of alkyl halides is 3. The third-order valence-electron chi connectivity index (χ3n) is 5.96. The van der Waals surface area contributed by atoms with E-state index in [0.29, 0.717) is 35.3 Å². The normalized spacial score (nSPS) is 15.0. The third kappa shape index (κ3) is 6.29. The molecule has 10 heteroatoms. The fraction of sp³-hybridized carbons (Fsp3) is 0.520. The molecule has 0 radical (unpaired) electrons. The van der Waals surface area contributed by atoms with Crippen LogP contribution in [0.15, 0.2) is 28.8 Å². The molecular weight excluding hydrogens is 459 g/mol. The lowest BCUT2D eigenvalue weighted by Crippen LogP contribution is -2.23. The van der Waals surface area contributed by atoms with Crippen LogP contribution in [0.5, 0.6) is 0 Å². The molecule has 0 bridgehead atoms. The number of halogens is 3. The van der Waals surface area contributed by atoms with E-state index in [0.717, 1.165) is 24.0 Å². The molecule has 1 aliphatic rings. The van der Waals surface area contributed by atoms with Crippen LogP contribution >= 0.6 is 0 Å². The van der Waals surface area contributed by atoms with Crippen LogP contribution in [0.25, 0.3) is 11.5 Å². The Morgan fingerprint density at radius 2 is 1.94 bits per heavy atom. The average molecular weight is 490 g/mol. The Morgan fingerprint density at radius 3 is 2.57 bits per heavy atom. The van der Waals surface area contributed by atoms with Crippen molar-refractivity contribution >= 4 is 11.6 Å². The molecule has 1 amide bonds. The van der Waals surface area contributed by atoms with Gasteiger partial charge in [-0.2, -0.15) is 13.2 Å². The fourth-order valence-corrected chi connectivity index (χ4v) is 4.28. The Balaban J connectivity index is 1.62. The van der Waals surface area contributed by atoms with Gasteiger partial charge >= 0.3 is 6.18 Å². The van der Waals surface area contributed by atoms with Crippen LogP contribution in [-0.4, -0.2) is 32.0 Å². The number of hydrogen-bond acceptors (Lipinski definition) is 5. The number of anilines is 1. The molecule has 1 N–H and O–H groups in total. The summed E-state index contributed by atoms with van der Waals surface area (Å²) in [6, 6.07) is 7.25.